The van der Waals surface area contributed by atoms with Crippen LogP contribution in [0.15, 0.2) is 33.2 Å². The molecule has 0 aliphatic heterocycles. The maximum absolute atomic E-state index is 11.1. The first kappa shape index (κ1) is 29.0. The summed E-state index contributed by atoms with van der Waals surface area (Å²) in [5.41, 5.74) is 1.95. The number of hydrogen-bond acceptors (Lipinski definition) is 8. The van der Waals surface area contributed by atoms with Crippen molar-refractivity contribution in [3.63, 3.8) is 0 Å². The Bertz CT molecular complexity index is 1070. The minimum atomic E-state index is -3.77. The summed E-state index contributed by atoms with van der Waals surface area (Å²) in [6, 6.07) is 6.53. The lowest BCUT2D eigenvalue weighted by Gasteiger charge is -2.16. The van der Waals surface area contributed by atoms with E-state index in [-0.39, 0.29) is 0 Å². The molecule has 2 heterocycles. The van der Waals surface area contributed by atoms with Gasteiger partial charge in [0.2, 0.25) is 20.0 Å². The van der Waals surface area contributed by atoms with Gasteiger partial charge in [-0.1, -0.05) is 0 Å². The van der Waals surface area contributed by atoms with E-state index >= 15 is 0 Å². The molecule has 0 saturated carbocycles. The lowest BCUT2D eigenvalue weighted by atomic mass is 10.1. The maximum Gasteiger partial charge on any atom is 0.214 e. The summed E-state index contributed by atoms with van der Waals surface area (Å²) in [5.74, 6) is 0. The van der Waals surface area contributed by atoms with E-state index in [1.165, 1.54) is 13.8 Å². The zero-order valence-electron chi connectivity index (χ0n) is 17.8. The number of aliphatic hydroxyl groups is 2. The van der Waals surface area contributed by atoms with Crippen LogP contribution in [0.1, 0.15) is 48.8 Å². The van der Waals surface area contributed by atoms with Crippen LogP contribution in [0.3, 0.4) is 0 Å². The van der Waals surface area contributed by atoms with Crippen LogP contribution >= 0.6 is 31.9 Å². The molecule has 0 aliphatic carbocycles. The molecular weight excluding hydrogens is 592 g/mol. The Kier molecular flexibility index (Phi) is 10.4. The molecule has 0 bridgehead atoms. The van der Waals surface area contributed by atoms with Crippen molar-refractivity contribution >= 4 is 51.9 Å². The SMILES string of the molecule is Cc1nc([C@@H](O)[C@@H](C)S(N)(=O)=O)ccc1Br.Cc1nc([C@H](O)[C@H](C)S(N)(=O)=O)ccc1Br. The molecule has 0 unspecified atom stereocenters. The van der Waals surface area contributed by atoms with Crippen LogP contribution < -0.4 is 10.3 Å². The highest BCUT2D eigenvalue weighted by Gasteiger charge is 2.28. The number of hydrogen-bond donors (Lipinski definition) is 4. The summed E-state index contributed by atoms with van der Waals surface area (Å²) < 4.78 is 45.9. The van der Waals surface area contributed by atoms with Gasteiger partial charge in [0.25, 0.3) is 0 Å². The zero-order valence-corrected chi connectivity index (χ0v) is 22.6. The molecule has 0 radical (unpaired) electrons. The van der Waals surface area contributed by atoms with E-state index in [9.17, 15) is 27.0 Å². The number of halogens is 2. The molecule has 2 aromatic heterocycles. The Morgan fingerprint density at radius 2 is 1.03 bits per heavy atom. The van der Waals surface area contributed by atoms with Gasteiger partial charge in [0.05, 0.1) is 22.8 Å². The molecule has 14 heteroatoms. The highest BCUT2D eigenvalue weighted by molar-refractivity contribution is 9.10. The second-order valence-corrected chi connectivity index (χ2v) is 12.6. The topological polar surface area (TPSA) is 187 Å². The van der Waals surface area contributed by atoms with E-state index in [1.807, 2.05) is 0 Å². The van der Waals surface area contributed by atoms with Crippen molar-refractivity contribution in [1.29, 1.82) is 0 Å². The highest BCUT2D eigenvalue weighted by atomic mass is 79.9. The summed E-state index contributed by atoms with van der Waals surface area (Å²) in [4.78, 5) is 8.18. The molecule has 10 nitrogen and oxygen atoms in total. The Morgan fingerprint density at radius 1 is 0.750 bits per heavy atom. The van der Waals surface area contributed by atoms with Crippen molar-refractivity contribution in [2.75, 3.05) is 0 Å². The Hall–Kier alpha value is -1.00. The third-order valence-corrected chi connectivity index (χ3v) is 8.88. The maximum atomic E-state index is 11.1. The first-order chi connectivity index (χ1) is 14.5. The summed E-state index contributed by atoms with van der Waals surface area (Å²) in [6.45, 7) is 6.20. The van der Waals surface area contributed by atoms with E-state index in [4.69, 9.17) is 10.3 Å². The molecule has 0 saturated heterocycles. The number of nitrogens with zero attached hydrogens (tertiary/aromatic N) is 2. The number of aromatic nitrogens is 2. The van der Waals surface area contributed by atoms with Crippen molar-refractivity contribution in [2.24, 2.45) is 10.3 Å². The second kappa shape index (κ2) is 11.4. The average molecular weight is 618 g/mol. The van der Waals surface area contributed by atoms with Gasteiger partial charge >= 0.3 is 0 Å². The predicted molar refractivity (Wildman–Crippen MR) is 128 cm³/mol. The predicted octanol–water partition coefficient (Wildman–Crippen LogP) is 1.73. The minimum Gasteiger partial charge on any atom is -0.385 e. The zero-order chi connectivity index (χ0) is 25.0. The van der Waals surface area contributed by atoms with Crippen LogP contribution in [0.2, 0.25) is 0 Å². The standard InChI is InChI=1S/2C9H13BrN2O3S/c2*1-5-7(10)3-4-8(12-5)9(13)6(2)16(11,14)15/h2*3-4,6,9,13H,1-2H3,(H2,11,14,15)/t2*6-,9+/m10/s1. The Morgan fingerprint density at radius 3 is 1.25 bits per heavy atom. The molecular formula is C18H26Br2N4O6S2. The summed E-state index contributed by atoms with van der Waals surface area (Å²) in [7, 11) is -7.55. The number of pyridine rings is 2. The fraction of sp³-hybridized carbons (Fsp3) is 0.444. The molecule has 0 spiro atoms. The number of aliphatic hydroxyl groups excluding tert-OH is 2. The lowest BCUT2D eigenvalue weighted by molar-refractivity contribution is 0.170. The number of nitrogens with two attached hydrogens (primary N) is 2. The Labute approximate surface area is 204 Å². The van der Waals surface area contributed by atoms with Crippen LogP contribution in [0.4, 0.5) is 0 Å². The molecule has 0 amide bonds. The van der Waals surface area contributed by atoms with Crippen LogP contribution in [0, 0.1) is 13.8 Å². The van der Waals surface area contributed by atoms with Gasteiger partial charge in [0.1, 0.15) is 22.7 Å². The van der Waals surface area contributed by atoms with E-state index in [1.54, 1.807) is 38.1 Å². The average Bonchev–Trinajstić information content (AvgIpc) is 2.69. The van der Waals surface area contributed by atoms with Crippen LogP contribution in [0.5, 0.6) is 0 Å². The highest BCUT2D eigenvalue weighted by Crippen LogP contribution is 2.23. The van der Waals surface area contributed by atoms with Crippen molar-refractivity contribution in [1.82, 2.24) is 9.97 Å². The van der Waals surface area contributed by atoms with Gasteiger partial charge < -0.3 is 10.2 Å². The summed E-state index contributed by atoms with van der Waals surface area (Å²) in [6.07, 6.45) is -2.44. The first-order valence-corrected chi connectivity index (χ1v) is 13.9. The second-order valence-electron chi connectivity index (χ2n) is 7.08. The number of aryl methyl sites for hydroxylation is 2. The molecule has 4 atom stereocenters. The van der Waals surface area contributed by atoms with Crippen LogP contribution in [0.25, 0.3) is 0 Å². The molecule has 2 rings (SSSR count). The van der Waals surface area contributed by atoms with Gasteiger partial charge in [-0.25, -0.2) is 27.1 Å². The molecule has 6 N–H and O–H groups in total. The number of sulfonamides is 2. The Balaban J connectivity index is 0.000000320. The summed E-state index contributed by atoms with van der Waals surface area (Å²) >= 11 is 6.54. The van der Waals surface area contributed by atoms with Gasteiger partial charge in [-0.05, 0) is 83.8 Å². The van der Waals surface area contributed by atoms with E-state index in [0.29, 0.717) is 22.8 Å². The normalized spacial score (nSPS) is 15.8. The fourth-order valence-corrected chi connectivity index (χ4v) is 3.74. The molecule has 180 valence electrons. The largest absolute Gasteiger partial charge is 0.385 e. The number of rotatable bonds is 6. The lowest BCUT2D eigenvalue weighted by Crippen LogP contribution is -2.31. The monoisotopic (exact) mass is 616 g/mol. The van der Waals surface area contributed by atoms with Crippen LogP contribution in [-0.2, 0) is 20.0 Å². The molecule has 0 aromatic carbocycles. The molecule has 0 fully saturated rings. The molecule has 0 aliphatic rings. The van der Waals surface area contributed by atoms with Crippen molar-refractivity contribution in [3.05, 3.63) is 56.0 Å². The molecule has 32 heavy (non-hydrogen) atoms. The van der Waals surface area contributed by atoms with Gasteiger partial charge in [-0.3, -0.25) is 9.97 Å². The van der Waals surface area contributed by atoms with E-state index in [2.05, 4.69) is 41.8 Å². The number of primary sulfonamides is 2. The van der Waals surface area contributed by atoms with Gasteiger partial charge in [0.15, 0.2) is 0 Å². The van der Waals surface area contributed by atoms with E-state index in [0.717, 1.165) is 8.95 Å². The van der Waals surface area contributed by atoms with E-state index < -0.39 is 42.8 Å². The fourth-order valence-electron chi connectivity index (χ4n) is 2.30. The van der Waals surface area contributed by atoms with Crippen molar-refractivity contribution < 1.29 is 27.0 Å². The van der Waals surface area contributed by atoms with Crippen molar-refractivity contribution in [2.45, 2.75) is 50.4 Å². The minimum absolute atomic E-state index is 0.294. The van der Waals surface area contributed by atoms with Gasteiger partial charge in [-0.2, -0.15) is 0 Å². The quantitative estimate of drug-likeness (QED) is 0.377. The van der Waals surface area contributed by atoms with Crippen molar-refractivity contribution in [3.8, 4) is 0 Å². The third kappa shape index (κ3) is 8.09. The van der Waals surface area contributed by atoms with Crippen LogP contribution in [-0.4, -0.2) is 47.5 Å². The first-order valence-electron chi connectivity index (χ1n) is 9.12. The van der Waals surface area contributed by atoms with Gasteiger partial charge in [-0.15, -0.1) is 0 Å². The smallest absolute Gasteiger partial charge is 0.214 e. The third-order valence-electron chi connectivity index (χ3n) is 4.62. The molecule has 2 aromatic rings. The van der Waals surface area contributed by atoms with Gasteiger partial charge in [0, 0.05) is 8.95 Å². The summed E-state index contributed by atoms with van der Waals surface area (Å²) in [5, 5.41) is 27.4.